The first-order valence-electron chi connectivity index (χ1n) is 7.32. The quantitative estimate of drug-likeness (QED) is 0.909. The Kier molecular flexibility index (Phi) is 4.10. The van der Waals surface area contributed by atoms with E-state index < -0.39 is 0 Å². The third-order valence-electron chi connectivity index (χ3n) is 3.93. The highest BCUT2D eigenvalue weighted by molar-refractivity contribution is 5.92. The maximum absolute atomic E-state index is 10.5. The molecule has 1 N–H and O–H groups in total. The molecule has 0 unspecified atom stereocenters. The van der Waals surface area contributed by atoms with E-state index in [-0.39, 0.29) is 5.75 Å². The number of ether oxygens (including phenoxy) is 1. The fourth-order valence-electron chi connectivity index (χ4n) is 2.73. The summed E-state index contributed by atoms with van der Waals surface area (Å²) in [4.78, 5) is 7.71. The maximum Gasteiger partial charge on any atom is 0.250 e. The summed E-state index contributed by atoms with van der Waals surface area (Å²) < 4.78 is 5.04. The third-order valence-corrected chi connectivity index (χ3v) is 3.93. The van der Waals surface area contributed by atoms with Gasteiger partial charge in [0.2, 0.25) is 5.75 Å². The lowest BCUT2D eigenvalue weighted by Crippen LogP contribution is -2.29. The van der Waals surface area contributed by atoms with E-state index in [0.29, 0.717) is 11.6 Å². The number of aromatic hydroxyl groups is 1. The zero-order valence-corrected chi connectivity index (χ0v) is 12.2. The van der Waals surface area contributed by atoms with Gasteiger partial charge in [0, 0.05) is 23.7 Å². The van der Waals surface area contributed by atoms with Crippen molar-refractivity contribution in [1.29, 1.82) is 0 Å². The molecule has 2 aliphatic rings. The Bertz CT molecular complexity index is 575. The molecule has 0 spiro atoms. The number of rotatable bonds is 2. The number of nitrogens with zero attached hydrogens (tertiary/aromatic N) is 2. The summed E-state index contributed by atoms with van der Waals surface area (Å²) in [5.41, 5.74) is 1.67. The van der Waals surface area contributed by atoms with Crippen molar-refractivity contribution < 1.29 is 14.7 Å². The van der Waals surface area contributed by atoms with E-state index in [0.717, 1.165) is 30.8 Å². The first-order valence-corrected chi connectivity index (χ1v) is 7.32. The lowest BCUT2D eigenvalue weighted by Gasteiger charge is -2.26. The number of phenols is 1. The number of phenolic OH excluding ortho intramolecular Hbond substituents is 1. The van der Waals surface area contributed by atoms with Crippen LogP contribution in [0.25, 0.3) is 6.08 Å². The van der Waals surface area contributed by atoms with E-state index >= 15 is 0 Å². The molecule has 3 rings (SSSR count). The average molecular weight is 288 g/mol. The van der Waals surface area contributed by atoms with Crippen molar-refractivity contribution in [2.45, 2.75) is 25.8 Å². The van der Waals surface area contributed by atoms with Crippen LogP contribution < -0.4 is 4.84 Å². The van der Waals surface area contributed by atoms with E-state index in [9.17, 15) is 5.11 Å². The normalized spacial score (nSPS) is 18.4. The number of methoxy groups -OCH3 is 1. The number of oxime groups is 1. The van der Waals surface area contributed by atoms with Crippen LogP contribution in [0.2, 0.25) is 0 Å². The lowest BCUT2D eigenvalue weighted by molar-refractivity contribution is 0.217. The van der Waals surface area contributed by atoms with Crippen LogP contribution in [0, 0.1) is 0 Å². The van der Waals surface area contributed by atoms with Gasteiger partial charge in [0.05, 0.1) is 7.11 Å². The van der Waals surface area contributed by atoms with Gasteiger partial charge in [-0.25, -0.2) is 0 Å². The summed E-state index contributed by atoms with van der Waals surface area (Å²) in [5, 5.41) is 14.3. The molecule has 0 aromatic heterocycles. The van der Waals surface area contributed by atoms with Crippen LogP contribution in [-0.2, 0) is 11.3 Å². The Balaban J connectivity index is 1.84. The number of fused-ring (bicyclic) bond motifs is 1. The van der Waals surface area contributed by atoms with Gasteiger partial charge in [0.15, 0.2) is 5.75 Å². The van der Waals surface area contributed by atoms with Crippen LogP contribution in [0.15, 0.2) is 23.4 Å². The largest absolute Gasteiger partial charge is 0.504 e. The van der Waals surface area contributed by atoms with Gasteiger partial charge in [-0.15, -0.1) is 0 Å². The molecule has 5 heteroatoms. The van der Waals surface area contributed by atoms with Crippen molar-refractivity contribution >= 4 is 12.0 Å². The van der Waals surface area contributed by atoms with Gasteiger partial charge >= 0.3 is 0 Å². The van der Waals surface area contributed by atoms with Crippen LogP contribution in [-0.4, -0.2) is 36.1 Å². The molecule has 0 aliphatic carbocycles. The third kappa shape index (κ3) is 3.03. The highest BCUT2D eigenvalue weighted by atomic mass is 16.7. The maximum atomic E-state index is 10.5. The molecule has 0 saturated carbocycles. The van der Waals surface area contributed by atoms with Crippen molar-refractivity contribution in [1.82, 2.24) is 4.90 Å². The molecule has 0 bridgehead atoms. The molecular formula is C16H20N2O3. The standard InChI is InChI=1S/C16H20N2O3/c1-20-14-8-7-12-5-6-13(15(19)16(12)21-17-14)11-18-9-3-2-4-10-18/h5-8,19H,2-4,9-11H2,1H3. The summed E-state index contributed by atoms with van der Waals surface area (Å²) in [6.07, 6.45) is 7.30. The highest BCUT2D eigenvalue weighted by Gasteiger charge is 2.18. The number of hydrogen-bond donors (Lipinski definition) is 1. The fourth-order valence-corrected chi connectivity index (χ4v) is 2.73. The van der Waals surface area contributed by atoms with Crippen LogP contribution in [0.4, 0.5) is 0 Å². The molecule has 1 aromatic rings. The van der Waals surface area contributed by atoms with Gasteiger partial charge in [-0.05, 0) is 37.2 Å². The van der Waals surface area contributed by atoms with Gasteiger partial charge in [0.25, 0.3) is 5.90 Å². The molecule has 0 atom stereocenters. The second kappa shape index (κ2) is 6.18. The van der Waals surface area contributed by atoms with Crippen LogP contribution in [0.1, 0.15) is 30.4 Å². The van der Waals surface area contributed by atoms with E-state index in [4.69, 9.17) is 9.57 Å². The van der Waals surface area contributed by atoms with E-state index in [1.54, 1.807) is 6.08 Å². The van der Waals surface area contributed by atoms with E-state index in [1.807, 2.05) is 18.2 Å². The van der Waals surface area contributed by atoms with Crippen molar-refractivity contribution in [2.75, 3.05) is 20.2 Å². The Morgan fingerprint density at radius 2 is 2.05 bits per heavy atom. The minimum Gasteiger partial charge on any atom is -0.504 e. The van der Waals surface area contributed by atoms with Gasteiger partial charge in [0.1, 0.15) is 0 Å². The minimum atomic E-state index is 0.170. The Labute approximate surface area is 124 Å². The molecule has 1 fully saturated rings. The second-order valence-corrected chi connectivity index (χ2v) is 5.39. The molecule has 5 nitrogen and oxygen atoms in total. The zero-order valence-electron chi connectivity index (χ0n) is 12.2. The Morgan fingerprint density at radius 3 is 2.81 bits per heavy atom. The number of likely N-dealkylation sites (tertiary alicyclic amines) is 1. The van der Waals surface area contributed by atoms with Gasteiger partial charge < -0.3 is 14.7 Å². The molecule has 1 aromatic carbocycles. The van der Waals surface area contributed by atoms with E-state index in [2.05, 4.69) is 10.1 Å². The molecular weight excluding hydrogens is 268 g/mol. The summed E-state index contributed by atoms with van der Waals surface area (Å²) in [6.45, 7) is 2.92. The Morgan fingerprint density at radius 1 is 1.24 bits per heavy atom. The molecule has 1 saturated heterocycles. The second-order valence-electron chi connectivity index (χ2n) is 5.39. The highest BCUT2D eigenvalue weighted by Crippen LogP contribution is 2.36. The zero-order chi connectivity index (χ0) is 14.7. The van der Waals surface area contributed by atoms with Crippen molar-refractivity contribution in [3.63, 3.8) is 0 Å². The van der Waals surface area contributed by atoms with Gasteiger partial charge in [-0.3, -0.25) is 4.90 Å². The molecule has 0 amide bonds. The SMILES string of the molecule is COC1=NOc2c(ccc(CN3CCCCC3)c2O)C=C1. The first kappa shape index (κ1) is 13.9. The topological polar surface area (TPSA) is 54.3 Å². The predicted octanol–water partition coefficient (Wildman–Crippen LogP) is 2.74. The predicted molar refractivity (Wildman–Crippen MR) is 81.3 cm³/mol. The summed E-state index contributed by atoms with van der Waals surface area (Å²) in [5.74, 6) is 0.944. The van der Waals surface area contributed by atoms with Crippen molar-refractivity contribution in [2.24, 2.45) is 5.16 Å². The summed E-state index contributed by atoms with van der Waals surface area (Å²) >= 11 is 0. The van der Waals surface area contributed by atoms with Crippen LogP contribution in [0.3, 0.4) is 0 Å². The monoisotopic (exact) mass is 288 g/mol. The molecule has 0 radical (unpaired) electrons. The average Bonchev–Trinajstić information content (AvgIpc) is 2.74. The first-order chi connectivity index (χ1) is 10.3. The van der Waals surface area contributed by atoms with Crippen LogP contribution in [0.5, 0.6) is 11.5 Å². The Hall–Kier alpha value is -2.01. The van der Waals surface area contributed by atoms with Crippen molar-refractivity contribution in [3.8, 4) is 11.5 Å². The number of hydrogen-bond acceptors (Lipinski definition) is 5. The van der Waals surface area contributed by atoms with Crippen LogP contribution >= 0.6 is 0 Å². The van der Waals surface area contributed by atoms with Crippen molar-refractivity contribution in [3.05, 3.63) is 29.3 Å². The number of piperidine rings is 1. The molecule has 112 valence electrons. The summed E-state index contributed by atoms with van der Waals surface area (Å²) in [7, 11) is 1.53. The number of benzene rings is 1. The minimum absolute atomic E-state index is 0.170. The molecule has 2 aliphatic heterocycles. The summed E-state index contributed by atoms with van der Waals surface area (Å²) in [6, 6.07) is 3.90. The van der Waals surface area contributed by atoms with Gasteiger partial charge in [-0.1, -0.05) is 18.6 Å². The van der Waals surface area contributed by atoms with E-state index in [1.165, 1.54) is 26.4 Å². The molecule has 21 heavy (non-hydrogen) atoms. The van der Waals surface area contributed by atoms with Gasteiger partial charge in [-0.2, -0.15) is 0 Å². The molecule has 2 heterocycles. The lowest BCUT2D eigenvalue weighted by atomic mass is 10.1. The fraction of sp³-hybridized carbons (Fsp3) is 0.438. The smallest absolute Gasteiger partial charge is 0.250 e.